The molecule has 2 aromatic rings. The second-order valence-electron chi connectivity index (χ2n) is 9.14. The molecule has 0 unspecified atom stereocenters. The molecule has 10 heteroatoms. The van der Waals surface area contributed by atoms with Crippen LogP contribution in [0.4, 0.5) is 22.1 Å². The SMILES string of the molecule is C=C(N(C)c1nc(-c2ccc(NC(=O)NCC)cc2)nc(N2CCOC[C@@H]2C)c1C)C1(O)CNC1. The zero-order valence-electron chi connectivity index (χ0n) is 20.9. The molecular weight excluding hydrogens is 446 g/mol. The Bertz CT molecular complexity index is 1090. The summed E-state index contributed by atoms with van der Waals surface area (Å²) < 4.78 is 5.64. The van der Waals surface area contributed by atoms with Crippen molar-refractivity contribution in [2.45, 2.75) is 32.4 Å². The normalized spacial score (nSPS) is 19.0. The molecule has 2 fully saturated rings. The fraction of sp³-hybridized carbons (Fsp3) is 0.480. The summed E-state index contributed by atoms with van der Waals surface area (Å²) >= 11 is 0. The van der Waals surface area contributed by atoms with Gasteiger partial charge in [-0.25, -0.2) is 14.8 Å². The van der Waals surface area contributed by atoms with Gasteiger partial charge in [-0.05, 0) is 45.0 Å². The van der Waals surface area contributed by atoms with Gasteiger partial charge in [0.15, 0.2) is 5.82 Å². The molecule has 1 atom stereocenters. The summed E-state index contributed by atoms with van der Waals surface area (Å²) in [4.78, 5) is 25.8. The third kappa shape index (κ3) is 5.09. The first-order chi connectivity index (χ1) is 16.7. The van der Waals surface area contributed by atoms with E-state index in [4.69, 9.17) is 14.7 Å². The van der Waals surface area contributed by atoms with Crippen LogP contribution < -0.4 is 25.8 Å². The minimum atomic E-state index is -0.995. The topological polar surface area (TPSA) is 115 Å². The van der Waals surface area contributed by atoms with Gasteiger partial charge >= 0.3 is 6.03 Å². The summed E-state index contributed by atoms with van der Waals surface area (Å²) in [5.74, 6) is 2.09. The van der Waals surface area contributed by atoms with Gasteiger partial charge in [0.05, 0.1) is 19.3 Å². The van der Waals surface area contributed by atoms with E-state index in [2.05, 4.69) is 34.4 Å². The third-order valence-electron chi connectivity index (χ3n) is 6.57. The van der Waals surface area contributed by atoms with Gasteiger partial charge in [0, 0.05) is 55.7 Å². The molecule has 4 rings (SSSR count). The molecule has 2 amide bonds. The average molecular weight is 482 g/mol. The van der Waals surface area contributed by atoms with Crippen LogP contribution in [0.2, 0.25) is 0 Å². The van der Waals surface area contributed by atoms with Crippen LogP contribution in [0.3, 0.4) is 0 Å². The Morgan fingerprint density at radius 2 is 2.06 bits per heavy atom. The van der Waals surface area contributed by atoms with E-state index in [1.807, 2.05) is 50.1 Å². The number of benzene rings is 1. The summed E-state index contributed by atoms with van der Waals surface area (Å²) in [5, 5.41) is 19.5. The number of ether oxygens (including phenoxy) is 1. The highest BCUT2D eigenvalue weighted by molar-refractivity contribution is 5.89. The molecule has 35 heavy (non-hydrogen) atoms. The number of aliphatic hydroxyl groups is 1. The van der Waals surface area contributed by atoms with Crippen LogP contribution in [0, 0.1) is 6.92 Å². The Hall–Kier alpha value is -3.21. The molecule has 2 aliphatic heterocycles. The highest BCUT2D eigenvalue weighted by Gasteiger charge is 2.40. The molecule has 0 bridgehead atoms. The van der Waals surface area contributed by atoms with Gasteiger partial charge in [0.1, 0.15) is 17.2 Å². The van der Waals surface area contributed by atoms with E-state index >= 15 is 0 Å². The van der Waals surface area contributed by atoms with Crippen molar-refractivity contribution < 1.29 is 14.6 Å². The Morgan fingerprint density at radius 3 is 2.66 bits per heavy atom. The van der Waals surface area contributed by atoms with Gasteiger partial charge in [-0.3, -0.25) is 0 Å². The highest BCUT2D eigenvalue weighted by atomic mass is 16.5. The standard InChI is InChI=1S/C25H35N7O3/c1-6-27-24(33)28-20-9-7-19(8-10-20)21-29-22(31(5)18(4)25(34)14-26-15-25)17(3)23(30-21)32-11-12-35-13-16(32)2/h7-10,16,26,34H,4,6,11-15H2,1-3,5H3,(H2,27,28,33)/t16-/m0/s1. The third-order valence-corrected chi connectivity index (χ3v) is 6.57. The first kappa shape index (κ1) is 24.9. The van der Waals surface area contributed by atoms with Gasteiger partial charge in [-0.2, -0.15) is 0 Å². The number of amides is 2. The summed E-state index contributed by atoms with van der Waals surface area (Å²) in [5.41, 5.74) is 2.01. The quantitative estimate of drug-likeness (QED) is 0.475. The average Bonchev–Trinajstić information content (AvgIpc) is 2.83. The number of anilines is 3. The lowest BCUT2D eigenvalue weighted by molar-refractivity contribution is 0.0244. The van der Waals surface area contributed by atoms with Crippen LogP contribution in [-0.2, 0) is 4.74 Å². The monoisotopic (exact) mass is 481 g/mol. The van der Waals surface area contributed by atoms with E-state index in [-0.39, 0.29) is 12.1 Å². The van der Waals surface area contributed by atoms with Crippen molar-refractivity contribution in [3.8, 4) is 11.4 Å². The number of nitrogens with one attached hydrogen (secondary N) is 3. The van der Waals surface area contributed by atoms with Crippen molar-refractivity contribution >= 4 is 23.4 Å². The number of β-amino-alcohol motifs (C(OH)–C–C–N with tert-alkyl or cyclic N) is 1. The molecule has 1 aromatic heterocycles. The molecule has 2 saturated heterocycles. The van der Waals surface area contributed by atoms with Crippen molar-refractivity contribution in [1.82, 2.24) is 20.6 Å². The van der Waals surface area contributed by atoms with Crippen LogP contribution in [0.1, 0.15) is 19.4 Å². The molecule has 1 aromatic carbocycles. The molecule has 10 nitrogen and oxygen atoms in total. The number of carbonyl (C=O) groups excluding carboxylic acids is 1. The van der Waals surface area contributed by atoms with Crippen molar-refractivity contribution in [2.75, 3.05) is 61.6 Å². The number of hydrogen-bond acceptors (Lipinski definition) is 8. The van der Waals surface area contributed by atoms with E-state index in [0.717, 1.165) is 23.5 Å². The number of hydrogen-bond donors (Lipinski definition) is 4. The minimum Gasteiger partial charge on any atom is -0.381 e. The van der Waals surface area contributed by atoms with Crippen LogP contribution in [0.5, 0.6) is 0 Å². The fourth-order valence-electron chi connectivity index (χ4n) is 4.31. The molecule has 188 valence electrons. The zero-order chi connectivity index (χ0) is 25.2. The van der Waals surface area contributed by atoms with E-state index in [1.165, 1.54) is 0 Å². The molecule has 3 heterocycles. The first-order valence-corrected chi connectivity index (χ1v) is 12.0. The van der Waals surface area contributed by atoms with Gasteiger partial charge in [-0.1, -0.05) is 6.58 Å². The Kier molecular flexibility index (Phi) is 7.25. The molecule has 0 radical (unpaired) electrons. The summed E-state index contributed by atoms with van der Waals surface area (Å²) in [6, 6.07) is 7.35. The van der Waals surface area contributed by atoms with Crippen molar-refractivity contribution in [3.05, 3.63) is 42.1 Å². The van der Waals surface area contributed by atoms with Crippen molar-refractivity contribution in [3.63, 3.8) is 0 Å². The second-order valence-corrected chi connectivity index (χ2v) is 9.14. The van der Waals surface area contributed by atoms with E-state index in [9.17, 15) is 9.90 Å². The smallest absolute Gasteiger partial charge is 0.319 e. The number of carbonyl (C=O) groups is 1. The molecule has 0 aliphatic carbocycles. The number of nitrogens with zero attached hydrogens (tertiary/aromatic N) is 4. The minimum absolute atomic E-state index is 0.162. The lowest BCUT2D eigenvalue weighted by Gasteiger charge is -2.43. The Labute approximate surface area is 206 Å². The zero-order valence-corrected chi connectivity index (χ0v) is 20.9. The van der Waals surface area contributed by atoms with E-state index in [1.54, 1.807) is 0 Å². The number of urea groups is 1. The van der Waals surface area contributed by atoms with E-state index in [0.29, 0.717) is 55.9 Å². The lowest BCUT2D eigenvalue weighted by Crippen LogP contribution is -2.62. The summed E-state index contributed by atoms with van der Waals surface area (Å²) in [6.07, 6.45) is 0. The maximum atomic E-state index is 11.8. The fourth-order valence-corrected chi connectivity index (χ4v) is 4.31. The van der Waals surface area contributed by atoms with Gasteiger partial charge in [0.2, 0.25) is 0 Å². The summed E-state index contributed by atoms with van der Waals surface area (Å²) in [6.45, 7) is 13.6. The van der Waals surface area contributed by atoms with Crippen LogP contribution in [-0.4, -0.2) is 79.2 Å². The van der Waals surface area contributed by atoms with Crippen LogP contribution in [0.25, 0.3) is 11.4 Å². The highest BCUT2D eigenvalue weighted by Crippen LogP contribution is 2.35. The predicted octanol–water partition coefficient (Wildman–Crippen LogP) is 2.10. The molecule has 4 N–H and O–H groups in total. The second kappa shape index (κ2) is 10.2. The Balaban J connectivity index is 1.72. The lowest BCUT2D eigenvalue weighted by atomic mass is 9.93. The largest absolute Gasteiger partial charge is 0.381 e. The van der Waals surface area contributed by atoms with Gasteiger partial charge < -0.3 is 35.6 Å². The van der Waals surface area contributed by atoms with Gasteiger partial charge in [-0.15, -0.1) is 0 Å². The molecule has 2 aliphatic rings. The molecular formula is C25H35N7O3. The predicted molar refractivity (Wildman–Crippen MR) is 138 cm³/mol. The first-order valence-electron chi connectivity index (χ1n) is 12.0. The van der Waals surface area contributed by atoms with Crippen molar-refractivity contribution in [1.29, 1.82) is 0 Å². The number of likely N-dealkylation sites (N-methyl/N-ethyl adjacent to an activating group) is 1. The van der Waals surface area contributed by atoms with Crippen molar-refractivity contribution in [2.24, 2.45) is 0 Å². The Morgan fingerprint density at radius 1 is 1.34 bits per heavy atom. The van der Waals surface area contributed by atoms with Crippen LogP contribution in [0.15, 0.2) is 36.5 Å². The summed E-state index contributed by atoms with van der Waals surface area (Å²) in [7, 11) is 1.88. The maximum absolute atomic E-state index is 11.8. The number of morpholine rings is 1. The number of aromatic nitrogens is 2. The van der Waals surface area contributed by atoms with Crippen LogP contribution >= 0.6 is 0 Å². The molecule has 0 spiro atoms. The van der Waals surface area contributed by atoms with Gasteiger partial charge in [0.25, 0.3) is 0 Å². The number of rotatable bonds is 7. The van der Waals surface area contributed by atoms with E-state index < -0.39 is 5.60 Å². The maximum Gasteiger partial charge on any atom is 0.319 e. The molecule has 0 saturated carbocycles.